The normalized spacial score (nSPS) is 8.43. The molecule has 0 radical (unpaired) electrons. The van der Waals surface area contributed by atoms with Crippen LogP contribution in [0.3, 0.4) is 0 Å². The van der Waals surface area contributed by atoms with E-state index >= 15 is 0 Å². The molecule has 0 bridgehead atoms. The van der Waals surface area contributed by atoms with Gasteiger partial charge < -0.3 is 0 Å². The van der Waals surface area contributed by atoms with E-state index in [1.54, 1.807) is 0 Å². The molecule has 0 fully saturated rings. The summed E-state index contributed by atoms with van der Waals surface area (Å²) >= 11 is -1.59. The van der Waals surface area contributed by atoms with Crippen LogP contribution in [-0.4, -0.2) is 4.31 Å². The second kappa shape index (κ2) is 5.30. The van der Waals surface area contributed by atoms with Crippen molar-refractivity contribution in [2.24, 2.45) is 0 Å². The summed E-state index contributed by atoms with van der Waals surface area (Å²) in [6.07, 6.45) is 2.25. The number of rotatable bonds is 2. The fourth-order valence-electron chi connectivity index (χ4n) is 0.253. The van der Waals surface area contributed by atoms with Gasteiger partial charge >= 0.3 is 58.0 Å². The van der Waals surface area contributed by atoms with Crippen molar-refractivity contribution in [3.8, 4) is 0 Å². The van der Waals surface area contributed by atoms with Crippen molar-refractivity contribution in [3.05, 3.63) is 0 Å². The molecule has 0 heterocycles. The van der Waals surface area contributed by atoms with Gasteiger partial charge in [0.2, 0.25) is 0 Å². The minimum absolute atomic E-state index is 1.09. The number of halogens is 2. The van der Waals surface area contributed by atoms with Gasteiger partial charge in [0.25, 0.3) is 0 Å². The van der Waals surface area contributed by atoms with Crippen LogP contribution in [0.15, 0.2) is 0 Å². The van der Waals surface area contributed by atoms with Crippen LogP contribution in [0.4, 0.5) is 0 Å². The molecule has 0 unspecified atom stereocenters. The molecule has 0 aliphatic carbocycles. The molecular formula is C4H8Cl2Ti. The topological polar surface area (TPSA) is 0 Å². The Morgan fingerprint density at radius 3 is 2.29 bits per heavy atom. The number of hydrogen-bond donors (Lipinski definition) is 0. The van der Waals surface area contributed by atoms with Crippen molar-refractivity contribution in [2.45, 2.75) is 19.8 Å². The molecule has 0 aromatic heterocycles. The van der Waals surface area contributed by atoms with Crippen molar-refractivity contribution < 1.29 is 15.3 Å². The third-order valence-electron chi connectivity index (χ3n) is 0.587. The summed E-state index contributed by atoms with van der Waals surface area (Å²) in [7, 11) is 11.1. The quantitative estimate of drug-likeness (QED) is 0.565. The minimum atomic E-state index is -1.59. The Labute approximate surface area is 57.9 Å². The number of unbranched alkanes of at least 4 members (excludes halogenated alkanes) is 1. The van der Waals surface area contributed by atoms with Crippen LogP contribution in [0, 0.1) is 0 Å². The van der Waals surface area contributed by atoms with E-state index in [1.165, 1.54) is 0 Å². The van der Waals surface area contributed by atoms with Crippen molar-refractivity contribution in [3.63, 3.8) is 0 Å². The summed E-state index contributed by atoms with van der Waals surface area (Å²) in [6.45, 7) is 2.12. The maximum atomic E-state index is 5.53. The second-order valence-corrected chi connectivity index (χ2v) is 6.98. The standard InChI is InChI=1S/C4H8.2ClH.Ti/c1-3-4-2;;;/h1H,3-4H2,2H3;2*1H;/q;;;+2/p-2. The zero-order valence-corrected chi connectivity index (χ0v) is 7.32. The molecule has 0 spiro atoms. The predicted octanol–water partition coefficient (Wildman–Crippen LogP) is 2.51. The van der Waals surface area contributed by atoms with Gasteiger partial charge in [-0.05, 0) is 0 Å². The summed E-state index contributed by atoms with van der Waals surface area (Å²) in [6, 6.07) is 0. The zero-order chi connectivity index (χ0) is 5.70. The van der Waals surface area contributed by atoms with Crippen LogP contribution in [0.1, 0.15) is 19.8 Å². The van der Waals surface area contributed by atoms with Gasteiger partial charge in [-0.3, -0.25) is 0 Å². The second-order valence-electron chi connectivity index (χ2n) is 1.28. The Kier molecular flexibility index (Phi) is 6.19. The van der Waals surface area contributed by atoms with Crippen LogP contribution in [0.25, 0.3) is 0 Å². The van der Waals surface area contributed by atoms with Crippen molar-refractivity contribution in [2.75, 3.05) is 0 Å². The van der Waals surface area contributed by atoms with Crippen LogP contribution >= 0.6 is 18.6 Å². The van der Waals surface area contributed by atoms with Gasteiger partial charge in [0, 0.05) is 0 Å². The molecule has 0 nitrogen and oxygen atoms in total. The molecule has 0 N–H and O–H groups in total. The Balaban J connectivity index is 3.08. The van der Waals surface area contributed by atoms with Crippen LogP contribution < -0.4 is 0 Å². The molecule has 0 aromatic rings. The predicted molar refractivity (Wildman–Crippen MR) is 32.7 cm³/mol. The van der Waals surface area contributed by atoms with Gasteiger partial charge in [0.15, 0.2) is 0 Å². The van der Waals surface area contributed by atoms with Crippen molar-refractivity contribution in [1.82, 2.24) is 0 Å². The fraction of sp³-hybridized carbons (Fsp3) is 0.750. The average molecular weight is 175 g/mol. The Bertz CT molecular complexity index is 66.1. The molecule has 0 amide bonds. The van der Waals surface area contributed by atoms with E-state index in [2.05, 4.69) is 6.92 Å². The average Bonchev–Trinajstić information content (AvgIpc) is 1.61. The first-order valence-corrected chi connectivity index (χ1v) is 7.48. The van der Waals surface area contributed by atoms with Gasteiger partial charge in [-0.1, -0.05) is 0 Å². The van der Waals surface area contributed by atoms with E-state index in [9.17, 15) is 0 Å². The molecule has 42 valence electrons. The van der Waals surface area contributed by atoms with Crippen molar-refractivity contribution in [1.29, 1.82) is 0 Å². The molecule has 0 saturated heterocycles. The van der Waals surface area contributed by atoms with Gasteiger partial charge in [0.05, 0.1) is 0 Å². The van der Waals surface area contributed by atoms with Gasteiger partial charge in [-0.2, -0.15) is 0 Å². The molecular weight excluding hydrogens is 167 g/mol. The summed E-state index contributed by atoms with van der Waals surface area (Å²) < 4.78 is 2.04. The Morgan fingerprint density at radius 1 is 1.57 bits per heavy atom. The van der Waals surface area contributed by atoms with E-state index in [0.29, 0.717) is 0 Å². The first-order valence-electron chi connectivity index (χ1n) is 2.28. The third-order valence-corrected chi connectivity index (χ3v) is 2.79. The van der Waals surface area contributed by atoms with E-state index < -0.39 is 15.3 Å². The molecule has 0 aromatic carbocycles. The van der Waals surface area contributed by atoms with Gasteiger partial charge in [-0.15, -0.1) is 0 Å². The van der Waals surface area contributed by atoms with Crippen molar-refractivity contribution >= 4 is 22.9 Å². The first-order chi connectivity index (χ1) is 3.27. The fourth-order valence-corrected chi connectivity index (χ4v) is 1.94. The summed E-state index contributed by atoms with van der Waals surface area (Å²) in [5.74, 6) is 0. The first kappa shape index (κ1) is 8.16. The number of hydrogen-bond acceptors (Lipinski definition) is 0. The van der Waals surface area contributed by atoms with Crippen LogP contribution in [0.5, 0.6) is 0 Å². The summed E-state index contributed by atoms with van der Waals surface area (Å²) in [5.41, 5.74) is 0. The van der Waals surface area contributed by atoms with Crippen LogP contribution in [-0.2, 0) is 15.3 Å². The Morgan fingerprint density at radius 2 is 2.14 bits per heavy atom. The van der Waals surface area contributed by atoms with E-state index in [4.69, 9.17) is 18.6 Å². The van der Waals surface area contributed by atoms with Crippen LogP contribution in [0.2, 0.25) is 0 Å². The molecule has 0 aliphatic heterocycles. The molecule has 0 saturated carbocycles. The summed E-state index contributed by atoms with van der Waals surface area (Å²) in [4.78, 5) is 0. The van der Waals surface area contributed by atoms with E-state index in [0.717, 1.165) is 12.8 Å². The molecule has 0 aliphatic rings. The molecule has 7 heavy (non-hydrogen) atoms. The monoisotopic (exact) mass is 174 g/mol. The van der Waals surface area contributed by atoms with Gasteiger partial charge in [0.1, 0.15) is 0 Å². The molecule has 3 heteroatoms. The van der Waals surface area contributed by atoms with E-state index in [1.807, 2.05) is 4.31 Å². The maximum absolute atomic E-state index is 5.53. The Hall–Kier alpha value is 1.16. The third kappa shape index (κ3) is 7.16. The molecule has 0 rings (SSSR count). The molecule has 0 atom stereocenters. The van der Waals surface area contributed by atoms with Gasteiger partial charge in [-0.25, -0.2) is 0 Å². The SMILES string of the molecule is CCC[CH]=[Ti]([Cl])[Cl]. The van der Waals surface area contributed by atoms with E-state index in [-0.39, 0.29) is 0 Å². The summed E-state index contributed by atoms with van der Waals surface area (Å²) in [5, 5.41) is 0. The zero-order valence-electron chi connectivity index (χ0n) is 4.25.